The number of aromatic nitrogens is 2. The number of carboxylic acids is 1. The number of nitrogens with one attached hydrogen (secondary N) is 1. The SMILES string of the molecule is O=C(O)CC1CCCN1C(=O)c1ccn[nH]1. The fraction of sp³-hybridized carbons (Fsp3) is 0.500. The lowest BCUT2D eigenvalue weighted by molar-refractivity contribution is -0.137. The van der Waals surface area contributed by atoms with Crippen LogP contribution in [0, 0.1) is 0 Å². The highest BCUT2D eigenvalue weighted by atomic mass is 16.4. The van der Waals surface area contributed by atoms with E-state index in [-0.39, 0.29) is 18.4 Å². The second-order valence-corrected chi connectivity index (χ2v) is 3.86. The van der Waals surface area contributed by atoms with Crippen molar-refractivity contribution in [3.63, 3.8) is 0 Å². The summed E-state index contributed by atoms with van der Waals surface area (Å²) in [6.45, 7) is 0.621. The van der Waals surface area contributed by atoms with Crippen molar-refractivity contribution in [3.8, 4) is 0 Å². The lowest BCUT2D eigenvalue weighted by Crippen LogP contribution is -2.37. The summed E-state index contributed by atoms with van der Waals surface area (Å²) >= 11 is 0. The number of aromatic amines is 1. The second kappa shape index (κ2) is 4.34. The van der Waals surface area contributed by atoms with E-state index in [2.05, 4.69) is 10.2 Å². The molecule has 1 saturated heterocycles. The van der Waals surface area contributed by atoms with Crippen LogP contribution in [0.25, 0.3) is 0 Å². The molecule has 0 saturated carbocycles. The molecule has 2 heterocycles. The van der Waals surface area contributed by atoms with Crippen LogP contribution in [0.4, 0.5) is 0 Å². The average molecular weight is 223 g/mol. The van der Waals surface area contributed by atoms with Gasteiger partial charge in [-0.2, -0.15) is 5.10 Å². The molecule has 1 aliphatic heterocycles. The van der Waals surface area contributed by atoms with E-state index in [1.807, 2.05) is 0 Å². The number of carboxylic acid groups (broad SMARTS) is 1. The Hall–Kier alpha value is -1.85. The first kappa shape index (κ1) is 10.7. The number of rotatable bonds is 3. The van der Waals surface area contributed by atoms with E-state index in [1.165, 1.54) is 6.20 Å². The Morgan fingerprint density at radius 2 is 2.44 bits per heavy atom. The number of carbonyl (C=O) groups is 2. The summed E-state index contributed by atoms with van der Waals surface area (Å²) in [7, 11) is 0. The Kier molecular flexibility index (Phi) is 2.89. The maximum Gasteiger partial charge on any atom is 0.305 e. The number of hydrogen-bond acceptors (Lipinski definition) is 3. The fourth-order valence-corrected chi connectivity index (χ4v) is 2.05. The topological polar surface area (TPSA) is 86.3 Å². The van der Waals surface area contributed by atoms with Crippen LogP contribution in [0.5, 0.6) is 0 Å². The normalized spacial score (nSPS) is 20.0. The number of aliphatic carboxylic acids is 1. The molecular weight excluding hydrogens is 210 g/mol. The maximum absolute atomic E-state index is 12.0. The lowest BCUT2D eigenvalue weighted by atomic mass is 10.1. The minimum absolute atomic E-state index is 0.0138. The van der Waals surface area contributed by atoms with Gasteiger partial charge in [0.05, 0.1) is 6.42 Å². The van der Waals surface area contributed by atoms with E-state index < -0.39 is 5.97 Å². The molecule has 1 aromatic heterocycles. The molecule has 2 N–H and O–H groups in total. The van der Waals surface area contributed by atoms with Gasteiger partial charge in [-0.1, -0.05) is 0 Å². The van der Waals surface area contributed by atoms with Crippen molar-refractivity contribution in [1.82, 2.24) is 15.1 Å². The standard InChI is InChI=1S/C10H13N3O3/c14-9(15)6-7-2-1-5-13(7)10(16)8-3-4-11-12-8/h3-4,7H,1-2,5-6H2,(H,11,12)(H,14,15). The van der Waals surface area contributed by atoms with E-state index in [0.29, 0.717) is 12.2 Å². The molecule has 0 spiro atoms. The highest BCUT2D eigenvalue weighted by molar-refractivity contribution is 5.92. The van der Waals surface area contributed by atoms with Gasteiger partial charge < -0.3 is 10.0 Å². The first-order valence-electron chi connectivity index (χ1n) is 5.20. The van der Waals surface area contributed by atoms with Gasteiger partial charge in [0.1, 0.15) is 5.69 Å². The molecule has 16 heavy (non-hydrogen) atoms. The molecule has 0 radical (unpaired) electrons. The van der Waals surface area contributed by atoms with Crippen LogP contribution in [0.3, 0.4) is 0 Å². The Morgan fingerprint density at radius 3 is 3.06 bits per heavy atom. The third kappa shape index (κ3) is 2.05. The van der Waals surface area contributed by atoms with Gasteiger partial charge in [-0.15, -0.1) is 0 Å². The van der Waals surface area contributed by atoms with Gasteiger partial charge in [0.25, 0.3) is 5.91 Å². The molecule has 1 aromatic rings. The molecule has 86 valence electrons. The van der Waals surface area contributed by atoms with E-state index in [4.69, 9.17) is 5.11 Å². The van der Waals surface area contributed by atoms with Crippen molar-refractivity contribution >= 4 is 11.9 Å². The molecule has 1 amide bonds. The molecule has 0 aliphatic carbocycles. The number of carbonyl (C=O) groups excluding carboxylic acids is 1. The van der Waals surface area contributed by atoms with Crippen molar-refractivity contribution < 1.29 is 14.7 Å². The quantitative estimate of drug-likeness (QED) is 0.780. The lowest BCUT2D eigenvalue weighted by Gasteiger charge is -2.22. The van der Waals surface area contributed by atoms with Gasteiger partial charge >= 0.3 is 5.97 Å². The zero-order valence-corrected chi connectivity index (χ0v) is 8.72. The Labute approximate surface area is 92.3 Å². The highest BCUT2D eigenvalue weighted by Gasteiger charge is 2.31. The average Bonchev–Trinajstić information content (AvgIpc) is 2.84. The summed E-state index contributed by atoms with van der Waals surface area (Å²) in [5.41, 5.74) is 0.414. The zero-order chi connectivity index (χ0) is 11.5. The van der Waals surface area contributed by atoms with Crippen molar-refractivity contribution in [1.29, 1.82) is 0 Å². The van der Waals surface area contributed by atoms with Gasteiger partial charge in [0.2, 0.25) is 0 Å². The van der Waals surface area contributed by atoms with Crippen LogP contribution in [-0.2, 0) is 4.79 Å². The zero-order valence-electron chi connectivity index (χ0n) is 8.72. The van der Waals surface area contributed by atoms with E-state index in [1.54, 1.807) is 11.0 Å². The summed E-state index contributed by atoms with van der Waals surface area (Å²) in [5, 5.41) is 15.1. The third-order valence-corrected chi connectivity index (χ3v) is 2.78. The highest BCUT2D eigenvalue weighted by Crippen LogP contribution is 2.21. The first-order chi connectivity index (χ1) is 7.68. The number of H-pyrrole nitrogens is 1. The predicted octanol–water partition coefficient (Wildman–Crippen LogP) is 0.489. The Morgan fingerprint density at radius 1 is 1.62 bits per heavy atom. The first-order valence-corrected chi connectivity index (χ1v) is 5.20. The van der Waals surface area contributed by atoms with Gasteiger partial charge in [-0.25, -0.2) is 0 Å². The largest absolute Gasteiger partial charge is 0.481 e. The van der Waals surface area contributed by atoms with Crippen LogP contribution in [0.1, 0.15) is 29.8 Å². The number of likely N-dealkylation sites (tertiary alicyclic amines) is 1. The maximum atomic E-state index is 12.0. The molecule has 1 atom stereocenters. The molecule has 0 aromatic carbocycles. The number of amides is 1. The summed E-state index contributed by atoms with van der Waals surface area (Å²) in [6, 6.07) is 1.41. The van der Waals surface area contributed by atoms with Crippen LogP contribution >= 0.6 is 0 Å². The van der Waals surface area contributed by atoms with Crippen LogP contribution in [0.2, 0.25) is 0 Å². The van der Waals surface area contributed by atoms with Crippen LogP contribution < -0.4 is 0 Å². The monoisotopic (exact) mass is 223 g/mol. The molecule has 1 fully saturated rings. The summed E-state index contributed by atoms with van der Waals surface area (Å²) < 4.78 is 0. The number of hydrogen-bond donors (Lipinski definition) is 2. The summed E-state index contributed by atoms with van der Waals surface area (Å²) in [5.74, 6) is -1.03. The molecule has 1 aliphatic rings. The van der Waals surface area contributed by atoms with Crippen LogP contribution in [-0.4, -0.2) is 44.7 Å². The summed E-state index contributed by atoms with van der Waals surface area (Å²) in [6.07, 6.45) is 3.14. The molecular formula is C10H13N3O3. The summed E-state index contributed by atoms with van der Waals surface area (Å²) in [4.78, 5) is 24.2. The van der Waals surface area contributed by atoms with Crippen molar-refractivity contribution in [2.75, 3.05) is 6.54 Å². The van der Waals surface area contributed by atoms with Crippen molar-refractivity contribution in [2.45, 2.75) is 25.3 Å². The Bertz CT molecular complexity index is 388. The van der Waals surface area contributed by atoms with E-state index >= 15 is 0 Å². The molecule has 6 nitrogen and oxygen atoms in total. The molecule has 2 rings (SSSR count). The van der Waals surface area contributed by atoms with Gasteiger partial charge in [0.15, 0.2) is 0 Å². The third-order valence-electron chi connectivity index (χ3n) is 2.78. The minimum atomic E-state index is -0.866. The molecule has 6 heteroatoms. The number of nitrogens with zero attached hydrogens (tertiary/aromatic N) is 2. The second-order valence-electron chi connectivity index (χ2n) is 3.86. The predicted molar refractivity (Wildman–Crippen MR) is 54.9 cm³/mol. The van der Waals surface area contributed by atoms with Gasteiger partial charge in [-0.3, -0.25) is 14.7 Å². The minimum Gasteiger partial charge on any atom is -0.481 e. The van der Waals surface area contributed by atoms with Crippen LogP contribution in [0.15, 0.2) is 12.3 Å². The van der Waals surface area contributed by atoms with Gasteiger partial charge in [-0.05, 0) is 18.9 Å². The van der Waals surface area contributed by atoms with E-state index in [0.717, 1.165) is 12.8 Å². The van der Waals surface area contributed by atoms with E-state index in [9.17, 15) is 9.59 Å². The fourth-order valence-electron chi connectivity index (χ4n) is 2.05. The van der Waals surface area contributed by atoms with Crippen molar-refractivity contribution in [2.24, 2.45) is 0 Å². The molecule has 1 unspecified atom stereocenters. The Balaban J connectivity index is 2.08. The van der Waals surface area contributed by atoms with Gasteiger partial charge in [0, 0.05) is 18.8 Å². The van der Waals surface area contributed by atoms with Crippen molar-refractivity contribution in [3.05, 3.63) is 18.0 Å². The smallest absolute Gasteiger partial charge is 0.305 e. The molecule has 0 bridgehead atoms.